The van der Waals surface area contributed by atoms with Crippen LogP contribution in [0.5, 0.6) is 0 Å². The zero-order valence-corrected chi connectivity index (χ0v) is 13.0. The predicted molar refractivity (Wildman–Crippen MR) is 84.8 cm³/mol. The van der Waals surface area contributed by atoms with E-state index in [1.807, 2.05) is 30.3 Å². The molecular weight excluding hydrogens is 296 g/mol. The highest BCUT2D eigenvalue weighted by molar-refractivity contribution is 5.97. The number of carbonyl (C=O) groups is 2. The van der Waals surface area contributed by atoms with Gasteiger partial charge in [-0.1, -0.05) is 30.3 Å². The largest absolute Gasteiger partial charge is 0.449 e. The Balaban J connectivity index is 2.76. The summed E-state index contributed by atoms with van der Waals surface area (Å²) in [6.07, 6.45) is 0.507. The van der Waals surface area contributed by atoms with Crippen LogP contribution in [0.15, 0.2) is 42.1 Å². The molecule has 1 aromatic carbocycles. The molecular formula is C16H20N4O3. The van der Waals surface area contributed by atoms with E-state index >= 15 is 0 Å². The first-order chi connectivity index (χ1) is 11.1. The van der Waals surface area contributed by atoms with Gasteiger partial charge in [0.25, 0.3) is 5.91 Å². The van der Waals surface area contributed by atoms with Gasteiger partial charge in [-0.2, -0.15) is 5.26 Å². The number of benzene rings is 1. The third kappa shape index (κ3) is 6.20. The summed E-state index contributed by atoms with van der Waals surface area (Å²) in [6, 6.07) is 11.1. The maximum atomic E-state index is 12.1. The second kappa shape index (κ2) is 9.97. The Bertz CT molecular complexity index is 593. The van der Waals surface area contributed by atoms with Gasteiger partial charge in [0.2, 0.25) is 0 Å². The van der Waals surface area contributed by atoms with Crippen molar-refractivity contribution in [2.45, 2.75) is 13.5 Å². The number of nitrogens with one attached hydrogen (secondary N) is 1. The quantitative estimate of drug-likeness (QED) is 0.579. The Hall–Kier alpha value is -2.85. The van der Waals surface area contributed by atoms with E-state index in [4.69, 9.17) is 15.7 Å². The van der Waals surface area contributed by atoms with Gasteiger partial charge in [-0.25, -0.2) is 4.79 Å². The van der Waals surface area contributed by atoms with Crippen LogP contribution in [-0.4, -0.2) is 36.6 Å². The van der Waals surface area contributed by atoms with Gasteiger partial charge in [-0.15, -0.1) is 0 Å². The summed E-state index contributed by atoms with van der Waals surface area (Å²) >= 11 is 0. The highest BCUT2D eigenvalue weighted by Crippen LogP contribution is 2.03. The average Bonchev–Trinajstić information content (AvgIpc) is 2.57. The molecule has 0 aliphatic heterocycles. The second-order valence-electron chi connectivity index (χ2n) is 4.50. The number of carbonyl (C=O) groups excluding carboxylic acids is 2. The lowest BCUT2D eigenvalue weighted by atomic mass is 10.2. The van der Waals surface area contributed by atoms with Gasteiger partial charge >= 0.3 is 6.09 Å². The summed E-state index contributed by atoms with van der Waals surface area (Å²) in [7, 11) is 0. The van der Waals surface area contributed by atoms with Crippen molar-refractivity contribution >= 4 is 12.0 Å². The second-order valence-corrected chi connectivity index (χ2v) is 4.50. The number of nitrogens with two attached hydrogens (primary N) is 1. The van der Waals surface area contributed by atoms with Crippen molar-refractivity contribution in [1.82, 2.24) is 10.2 Å². The van der Waals surface area contributed by atoms with Crippen LogP contribution in [0.4, 0.5) is 4.79 Å². The number of nitrogens with zero attached hydrogens (tertiary/aromatic N) is 2. The monoisotopic (exact) mass is 316 g/mol. The molecule has 0 heterocycles. The first-order valence-corrected chi connectivity index (χ1v) is 7.19. The van der Waals surface area contributed by atoms with E-state index in [1.165, 1.54) is 0 Å². The SMILES string of the molecule is CCOC(=O)N(/C=C(/C#N)C(=O)NCc1ccccc1)CCN. The van der Waals surface area contributed by atoms with Crippen molar-refractivity contribution in [2.24, 2.45) is 5.73 Å². The highest BCUT2D eigenvalue weighted by atomic mass is 16.6. The standard InChI is InChI=1S/C16H20N4O3/c1-2-23-16(22)20(9-8-17)12-14(10-18)15(21)19-11-13-6-4-3-5-7-13/h3-7,12H,2,8-9,11,17H2,1H3,(H,19,21)/b14-12-. The molecule has 0 atom stereocenters. The number of hydrogen-bond acceptors (Lipinski definition) is 5. The molecule has 1 aromatic rings. The third-order valence-electron chi connectivity index (χ3n) is 2.82. The minimum Gasteiger partial charge on any atom is -0.449 e. The maximum absolute atomic E-state index is 12.1. The molecule has 0 aliphatic carbocycles. The van der Waals surface area contributed by atoms with Gasteiger partial charge < -0.3 is 15.8 Å². The van der Waals surface area contributed by atoms with Gasteiger partial charge in [0.05, 0.1) is 6.61 Å². The van der Waals surface area contributed by atoms with Crippen LogP contribution >= 0.6 is 0 Å². The number of nitriles is 1. The molecule has 0 bridgehead atoms. The van der Waals surface area contributed by atoms with Crippen LogP contribution in [0.1, 0.15) is 12.5 Å². The topological polar surface area (TPSA) is 108 Å². The van der Waals surface area contributed by atoms with E-state index in [2.05, 4.69) is 5.32 Å². The maximum Gasteiger partial charge on any atom is 0.413 e. The van der Waals surface area contributed by atoms with Crippen LogP contribution < -0.4 is 11.1 Å². The molecule has 0 aliphatic rings. The smallest absolute Gasteiger partial charge is 0.413 e. The summed E-state index contributed by atoms with van der Waals surface area (Å²) in [5.41, 5.74) is 6.14. The molecule has 2 amide bonds. The van der Waals surface area contributed by atoms with Crippen LogP contribution in [0.3, 0.4) is 0 Å². The van der Waals surface area contributed by atoms with Crippen LogP contribution in [0, 0.1) is 11.3 Å². The number of hydrogen-bond donors (Lipinski definition) is 2. The molecule has 0 saturated heterocycles. The summed E-state index contributed by atoms with van der Waals surface area (Å²) < 4.78 is 4.86. The molecule has 0 aromatic heterocycles. The number of rotatable bonds is 7. The van der Waals surface area contributed by atoms with E-state index in [1.54, 1.807) is 13.0 Å². The summed E-state index contributed by atoms with van der Waals surface area (Å²) in [5.74, 6) is -0.567. The molecule has 0 radical (unpaired) electrons. The van der Waals surface area contributed by atoms with E-state index in [0.717, 1.165) is 16.7 Å². The summed E-state index contributed by atoms with van der Waals surface area (Å²) in [4.78, 5) is 24.9. The van der Waals surface area contributed by atoms with Crippen LogP contribution in [0.25, 0.3) is 0 Å². The Labute approximate surface area is 135 Å². The average molecular weight is 316 g/mol. The van der Waals surface area contributed by atoms with Gasteiger partial charge in [-0.3, -0.25) is 9.69 Å². The summed E-state index contributed by atoms with van der Waals surface area (Å²) in [6.45, 7) is 2.47. The van der Waals surface area contributed by atoms with Crippen LogP contribution in [0.2, 0.25) is 0 Å². The van der Waals surface area contributed by atoms with E-state index < -0.39 is 12.0 Å². The van der Waals surface area contributed by atoms with Gasteiger partial charge in [0, 0.05) is 25.8 Å². The van der Waals surface area contributed by atoms with Crippen molar-refractivity contribution in [3.8, 4) is 6.07 Å². The minimum atomic E-state index is -0.651. The molecule has 0 fully saturated rings. The zero-order chi connectivity index (χ0) is 17.1. The molecule has 3 N–H and O–H groups in total. The Morgan fingerprint density at radius 3 is 2.65 bits per heavy atom. The third-order valence-corrected chi connectivity index (χ3v) is 2.82. The fraction of sp³-hybridized carbons (Fsp3) is 0.312. The van der Waals surface area contributed by atoms with Crippen LogP contribution in [-0.2, 0) is 16.1 Å². The van der Waals surface area contributed by atoms with Crippen molar-refractivity contribution in [1.29, 1.82) is 5.26 Å². The van der Waals surface area contributed by atoms with E-state index in [0.29, 0.717) is 0 Å². The first kappa shape index (κ1) is 18.2. The molecule has 0 spiro atoms. The van der Waals surface area contributed by atoms with E-state index in [9.17, 15) is 9.59 Å². The van der Waals surface area contributed by atoms with Crippen molar-refractivity contribution < 1.29 is 14.3 Å². The van der Waals surface area contributed by atoms with Gasteiger partial charge in [0.15, 0.2) is 0 Å². The van der Waals surface area contributed by atoms with Crippen molar-refractivity contribution in [3.05, 3.63) is 47.7 Å². The zero-order valence-electron chi connectivity index (χ0n) is 13.0. The predicted octanol–water partition coefficient (Wildman–Crippen LogP) is 1.13. The molecule has 7 heteroatoms. The lowest BCUT2D eigenvalue weighted by Crippen LogP contribution is -2.33. The lowest BCUT2D eigenvalue weighted by molar-refractivity contribution is -0.117. The fourth-order valence-corrected chi connectivity index (χ4v) is 1.72. The number of amides is 2. The first-order valence-electron chi connectivity index (χ1n) is 7.19. The molecule has 0 saturated carbocycles. The molecule has 7 nitrogen and oxygen atoms in total. The van der Waals surface area contributed by atoms with Crippen molar-refractivity contribution in [3.63, 3.8) is 0 Å². The van der Waals surface area contributed by atoms with Crippen molar-refractivity contribution in [2.75, 3.05) is 19.7 Å². The highest BCUT2D eigenvalue weighted by Gasteiger charge is 2.16. The normalized spacial score (nSPS) is 10.6. The Morgan fingerprint density at radius 2 is 2.09 bits per heavy atom. The molecule has 23 heavy (non-hydrogen) atoms. The molecule has 122 valence electrons. The van der Waals surface area contributed by atoms with Gasteiger partial charge in [-0.05, 0) is 12.5 Å². The summed E-state index contributed by atoms with van der Waals surface area (Å²) in [5, 5.41) is 11.8. The van der Waals surface area contributed by atoms with E-state index in [-0.39, 0.29) is 31.8 Å². The Morgan fingerprint density at radius 1 is 1.39 bits per heavy atom. The minimum absolute atomic E-state index is 0.149. The lowest BCUT2D eigenvalue weighted by Gasteiger charge is -2.17. The fourth-order valence-electron chi connectivity index (χ4n) is 1.72. The molecule has 1 rings (SSSR count). The van der Waals surface area contributed by atoms with Gasteiger partial charge in [0.1, 0.15) is 11.6 Å². The molecule has 0 unspecified atom stereocenters. The number of ether oxygens (including phenoxy) is 1. The Kier molecular flexibility index (Phi) is 7.89.